The molecule has 2 nitrogen and oxygen atoms in total. The highest BCUT2D eigenvalue weighted by Crippen LogP contribution is 2.25. The largest absolute Gasteiger partial charge is 0.399 e. The summed E-state index contributed by atoms with van der Waals surface area (Å²) in [6.07, 6.45) is 0. The van der Waals surface area contributed by atoms with Gasteiger partial charge in [0.25, 0.3) is 0 Å². The van der Waals surface area contributed by atoms with E-state index in [0.717, 1.165) is 23.6 Å². The lowest BCUT2D eigenvalue weighted by molar-refractivity contribution is 0.628. The molecule has 0 bridgehead atoms. The molecule has 0 fully saturated rings. The molecule has 0 unspecified atom stereocenters. The fourth-order valence-corrected chi connectivity index (χ4v) is 1.79. The molecule has 0 aliphatic carbocycles. The topological polar surface area (TPSA) is 29.3 Å². The zero-order valence-electron chi connectivity index (χ0n) is 9.73. The number of nitrogens with two attached hydrogens (primary N) is 1. The van der Waals surface area contributed by atoms with Gasteiger partial charge < -0.3 is 10.6 Å². The Morgan fingerprint density at radius 2 is 1.41 bits per heavy atom. The van der Waals surface area contributed by atoms with E-state index in [4.69, 9.17) is 5.73 Å². The standard InChI is InChI=1S/C14H15FN2/c1-2-17(13-7-3-11(15)4-8-13)14-9-5-12(16)6-10-14/h3-10H,2,16H2,1H3. The summed E-state index contributed by atoms with van der Waals surface area (Å²) in [6.45, 7) is 2.87. The number of benzene rings is 2. The van der Waals surface area contributed by atoms with Gasteiger partial charge in [0.05, 0.1) is 0 Å². The summed E-state index contributed by atoms with van der Waals surface area (Å²) >= 11 is 0. The highest BCUT2D eigenvalue weighted by molar-refractivity contribution is 5.64. The lowest BCUT2D eigenvalue weighted by atomic mass is 10.2. The third-order valence-electron chi connectivity index (χ3n) is 2.66. The van der Waals surface area contributed by atoms with Crippen molar-refractivity contribution in [1.29, 1.82) is 0 Å². The van der Waals surface area contributed by atoms with Crippen LogP contribution in [-0.2, 0) is 0 Å². The molecule has 0 aromatic heterocycles. The summed E-state index contributed by atoms with van der Waals surface area (Å²) in [4.78, 5) is 2.10. The summed E-state index contributed by atoms with van der Waals surface area (Å²) in [5.41, 5.74) is 8.42. The molecule has 0 heterocycles. The second-order valence-electron chi connectivity index (χ2n) is 3.81. The van der Waals surface area contributed by atoms with Crippen LogP contribution in [0.1, 0.15) is 6.92 Å². The van der Waals surface area contributed by atoms with Crippen LogP contribution in [0.2, 0.25) is 0 Å². The van der Waals surface area contributed by atoms with E-state index in [1.807, 2.05) is 24.3 Å². The predicted octanol–water partition coefficient (Wildman–Crippen LogP) is 3.57. The van der Waals surface area contributed by atoms with Gasteiger partial charge in [-0.3, -0.25) is 0 Å². The third-order valence-corrected chi connectivity index (χ3v) is 2.66. The zero-order valence-corrected chi connectivity index (χ0v) is 9.73. The number of rotatable bonds is 3. The molecule has 17 heavy (non-hydrogen) atoms. The molecule has 2 aromatic rings. The first kappa shape index (κ1) is 11.5. The first-order valence-electron chi connectivity index (χ1n) is 5.59. The van der Waals surface area contributed by atoms with E-state index in [1.165, 1.54) is 12.1 Å². The summed E-state index contributed by atoms with van der Waals surface area (Å²) in [7, 11) is 0. The number of nitrogen functional groups attached to an aromatic ring is 1. The number of anilines is 3. The quantitative estimate of drug-likeness (QED) is 0.817. The smallest absolute Gasteiger partial charge is 0.123 e. The maximum Gasteiger partial charge on any atom is 0.123 e. The van der Waals surface area contributed by atoms with E-state index in [9.17, 15) is 4.39 Å². The monoisotopic (exact) mass is 230 g/mol. The molecule has 0 aliphatic rings. The molecule has 0 radical (unpaired) electrons. The lowest BCUT2D eigenvalue weighted by Crippen LogP contribution is -2.15. The van der Waals surface area contributed by atoms with E-state index in [2.05, 4.69) is 11.8 Å². The Bertz CT molecular complexity index is 431. The Morgan fingerprint density at radius 1 is 0.941 bits per heavy atom. The molecule has 0 saturated heterocycles. The van der Waals surface area contributed by atoms with Crippen LogP contribution < -0.4 is 10.6 Å². The van der Waals surface area contributed by atoms with E-state index in [1.54, 1.807) is 12.1 Å². The van der Waals surface area contributed by atoms with Crippen LogP contribution in [0.15, 0.2) is 48.5 Å². The number of halogens is 1. The van der Waals surface area contributed by atoms with Crippen molar-refractivity contribution in [3.8, 4) is 0 Å². The van der Waals surface area contributed by atoms with Gasteiger partial charge in [0.15, 0.2) is 0 Å². The van der Waals surface area contributed by atoms with Crippen LogP contribution >= 0.6 is 0 Å². The number of hydrogen-bond acceptors (Lipinski definition) is 2. The predicted molar refractivity (Wildman–Crippen MR) is 69.9 cm³/mol. The molecular weight excluding hydrogens is 215 g/mol. The van der Waals surface area contributed by atoms with Gasteiger partial charge in [-0.2, -0.15) is 0 Å². The van der Waals surface area contributed by atoms with Crippen molar-refractivity contribution in [3.63, 3.8) is 0 Å². The van der Waals surface area contributed by atoms with Crippen LogP contribution in [0.4, 0.5) is 21.5 Å². The highest BCUT2D eigenvalue weighted by Gasteiger charge is 2.06. The van der Waals surface area contributed by atoms with Crippen molar-refractivity contribution in [2.24, 2.45) is 0 Å². The number of nitrogens with zero attached hydrogens (tertiary/aromatic N) is 1. The Balaban J connectivity index is 2.33. The van der Waals surface area contributed by atoms with Crippen LogP contribution in [-0.4, -0.2) is 6.54 Å². The Labute approximate surface area is 100 Å². The third kappa shape index (κ3) is 2.56. The van der Waals surface area contributed by atoms with Gasteiger partial charge in [0.1, 0.15) is 5.82 Å². The fourth-order valence-electron chi connectivity index (χ4n) is 1.79. The first-order valence-corrected chi connectivity index (χ1v) is 5.59. The van der Waals surface area contributed by atoms with E-state index in [0.29, 0.717) is 0 Å². The molecule has 88 valence electrons. The van der Waals surface area contributed by atoms with Gasteiger partial charge >= 0.3 is 0 Å². The lowest BCUT2D eigenvalue weighted by Gasteiger charge is -2.23. The van der Waals surface area contributed by atoms with Crippen molar-refractivity contribution >= 4 is 17.1 Å². The average Bonchev–Trinajstić information content (AvgIpc) is 2.35. The van der Waals surface area contributed by atoms with Gasteiger partial charge in [0.2, 0.25) is 0 Å². The minimum absolute atomic E-state index is 0.220. The fraction of sp³-hybridized carbons (Fsp3) is 0.143. The maximum atomic E-state index is 12.9. The second kappa shape index (κ2) is 4.87. The second-order valence-corrected chi connectivity index (χ2v) is 3.81. The summed E-state index contributed by atoms with van der Waals surface area (Å²) in [5.74, 6) is -0.220. The van der Waals surface area contributed by atoms with Gasteiger partial charge in [-0.05, 0) is 55.5 Å². The average molecular weight is 230 g/mol. The summed E-state index contributed by atoms with van der Waals surface area (Å²) in [6, 6.07) is 14.1. The first-order chi connectivity index (χ1) is 8.20. The van der Waals surface area contributed by atoms with Gasteiger partial charge in [-0.15, -0.1) is 0 Å². The number of hydrogen-bond donors (Lipinski definition) is 1. The van der Waals surface area contributed by atoms with Crippen LogP contribution in [0.5, 0.6) is 0 Å². The van der Waals surface area contributed by atoms with E-state index >= 15 is 0 Å². The molecule has 0 spiro atoms. The molecular formula is C14H15FN2. The molecule has 2 rings (SSSR count). The van der Waals surface area contributed by atoms with Crippen molar-refractivity contribution in [2.45, 2.75) is 6.92 Å². The Morgan fingerprint density at radius 3 is 1.88 bits per heavy atom. The minimum atomic E-state index is -0.220. The molecule has 2 N–H and O–H groups in total. The SMILES string of the molecule is CCN(c1ccc(N)cc1)c1ccc(F)cc1. The Hall–Kier alpha value is -2.03. The van der Waals surface area contributed by atoms with Gasteiger partial charge in [-0.1, -0.05) is 0 Å². The Kier molecular flexibility index (Phi) is 3.28. The van der Waals surface area contributed by atoms with Crippen LogP contribution in [0.25, 0.3) is 0 Å². The molecule has 3 heteroatoms. The molecule has 0 aliphatic heterocycles. The van der Waals surface area contributed by atoms with Crippen molar-refractivity contribution < 1.29 is 4.39 Å². The minimum Gasteiger partial charge on any atom is -0.399 e. The van der Waals surface area contributed by atoms with Crippen molar-refractivity contribution in [3.05, 3.63) is 54.3 Å². The van der Waals surface area contributed by atoms with Crippen LogP contribution in [0, 0.1) is 5.82 Å². The highest BCUT2D eigenvalue weighted by atomic mass is 19.1. The molecule has 0 amide bonds. The molecule has 0 atom stereocenters. The molecule has 2 aromatic carbocycles. The molecule has 0 saturated carbocycles. The van der Waals surface area contributed by atoms with Crippen LogP contribution in [0.3, 0.4) is 0 Å². The normalized spacial score (nSPS) is 10.2. The van der Waals surface area contributed by atoms with E-state index in [-0.39, 0.29) is 5.82 Å². The van der Waals surface area contributed by atoms with Crippen molar-refractivity contribution in [1.82, 2.24) is 0 Å². The van der Waals surface area contributed by atoms with Gasteiger partial charge in [-0.25, -0.2) is 4.39 Å². The zero-order chi connectivity index (χ0) is 12.3. The van der Waals surface area contributed by atoms with Crippen molar-refractivity contribution in [2.75, 3.05) is 17.2 Å². The maximum absolute atomic E-state index is 12.9. The summed E-state index contributed by atoms with van der Waals surface area (Å²) in [5, 5.41) is 0. The van der Waals surface area contributed by atoms with Gasteiger partial charge in [0, 0.05) is 23.6 Å². The van der Waals surface area contributed by atoms with E-state index < -0.39 is 0 Å². The summed E-state index contributed by atoms with van der Waals surface area (Å²) < 4.78 is 12.9.